The summed E-state index contributed by atoms with van der Waals surface area (Å²) in [5, 5.41) is 14.9. The second-order valence-corrected chi connectivity index (χ2v) is 7.52. The van der Waals surface area contributed by atoms with Crippen molar-refractivity contribution in [1.29, 1.82) is 0 Å². The van der Waals surface area contributed by atoms with E-state index in [0.29, 0.717) is 18.2 Å². The van der Waals surface area contributed by atoms with Gasteiger partial charge in [-0.3, -0.25) is 4.79 Å². The Balaban J connectivity index is 1.50. The van der Waals surface area contributed by atoms with Crippen molar-refractivity contribution < 1.29 is 9.18 Å². The highest BCUT2D eigenvalue weighted by molar-refractivity contribution is 6.34. The molecule has 4 rings (SSSR count). The average molecular weight is 427 g/mol. The standard InChI is InChI=1S/C21H20ClFN6O/c1-13-10-11-29(21-25-27-28(2)26-21)12-17(13)14-6-8-15(9-7-14)24-20(30)16-4-3-5-18(23)19(16)22/h3-9H,10-12H2,1-2H3,(H,24,30). The van der Waals surface area contributed by atoms with Crippen LogP contribution in [0.15, 0.2) is 48.0 Å². The Morgan fingerprint density at radius 1 is 1.20 bits per heavy atom. The minimum absolute atomic E-state index is 0.0960. The number of nitrogens with one attached hydrogen (secondary N) is 1. The molecule has 2 heterocycles. The summed E-state index contributed by atoms with van der Waals surface area (Å²) in [7, 11) is 1.74. The Morgan fingerprint density at radius 3 is 2.67 bits per heavy atom. The molecule has 0 saturated heterocycles. The summed E-state index contributed by atoms with van der Waals surface area (Å²) in [6.45, 7) is 3.64. The van der Waals surface area contributed by atoms with Crippen LogP contribution in [0.25, 0.3) is 5.57 Å². The topological polar surface area (TPSA) is 75.9 Å². The van der Waals surface area contributed by atoms with Crippen LogP contribution in [-0.4, -0.2) is 39.2 Å². The zero-order chi connectivity index (χ0) is 21.3. The molecule has 9 heteroatoms. The van der Waals surface area contributed by atoms with Gasteiger partial charge in [-0.05, 0) is 54.0 Å². The number of hydrogen-bond acceptors (Lipinski definition) is 5. The summed E-state index contributed by atoms with van der Waals surface area (Å²) < 4.78 is 13.6. The van der Waals surface area contributed by atoms with Crippen LogP contribution in [0.1, 0.15) is 29.3 Å². The second kappa shape index (κ2) is 8.23. The van der Waals surface area contributed by atoms with Crippen LogP contribution >= 0.6 is 11.6 Å². The molecule has 154 valence electrons. The Bertz CT molecular complexity index is 1120. The van der Waals surface area contributed by atoms with Gasteiger partial charge in [0.25, 0.3) is 11.9 Å². The Kier molecular flexibility index (Phi) is 5.50. The number of carbonyl (C=O) groups excluding carboxylic acids is 1. The molecule has 0 atom stereocenters. The van der Waals surface area contributed by atoms with Gasteiger partial charge in [0.15, 0.2) is 0 Å². The van der Waals surface area contributed by atoms with Crippen molar-refractivity contribution in [1.82, 2.24) is 20.2 Å². The lowest BCUT2D eigenvalue weighted by Crippen LogP contribution is -2.31. The number of amides is 1. The van der Waals surface area contributed by atoms with Gasteiger partial charge in [-0.25, -0.2) is 4.39 Å². The highest BCUT2D eigenvalue weighted by Crippen LogP contribution is 2.29. The molecule has 30 heavy (non-hydrogen) atoms. The summed E-state index contributed by atoms with van der Waals surface area (Å²) in [4.78, 5) is 16.0. The van der Waals surface area contributed by atoms with E-state index in [-0.39, 0.29) is 10.6 Å². The SMILES string of the molecule is CC1=C(c2ccc(NC(=O)c3cccc(F)c3Cl)cc2)CN(c2nnn(C)n2)CC1. The van der Waals surface area contributed by atoms with Crippen molar-refractivity contribution in [3.05, 3.63) is 70.0 Å². The maximum Gasteiger partial charge on any atom is 0.266 e. The van der Waals surface area contributed by atoms with Crippen molar-refractivity contribution in [3.63, 3.8) is 0 Å². The number of halogens is 2. The summed E-state index contributed by atoms with van der Waals surface area (Å²) >= 11 is 5.90. The molecule has 0 bridgehead atoms. The van der Waals surface area contributed by atoms with Crippen molar-refractivity contribution in [2.75, 3.05) is 23.3 Å². The van der Waals surface area contributed by atoms with Crippen molar-refractivity contribution in [2.45, 2.75) is 13.3 Å². The van der Waals surface area contributed by atoms with Crippen LogP contribution in [0.3, 0.4) is 0 Å². The molecule has 1 amide bonds. The predicted molar refractivity (Wildman–Crippen MR) is 114 cm³/mol. The van der Waals surface area contributed by atoms with Crippen molar-refractivity contribution in [3.8, 4) is 0 Å². The van der Waals surface area contributed by atoms with Gasteiger partial charge in [0.05, 0.1) is 17.6 Å². The molecule has 7 nitrogen and oxygen atoms in total. The Morgan fingerprint density at radius 2 is 1.97 bits per heavy atom. The number of nitrogens with zero attached hydrogens (tertiary/aromatic N) is 5. The number of aromatic nitrogens is 4. The maximum atomic E-state index is 13.6. The molecule has 0 aliphatic carbocycles. The third-order valence-corrected chi connectivity index (χ3v) is 5.47. The van der Waals surface area contributed by atoms with Gasteiger partial charge in [-0.2, -0.15) is 4.80 Å². The molecular formula is C21H20ClFN6O. The Hall–Kier alpha value is -3.26. The number of hydrogen-bond donors (Lipinski definition) is 1. The number of tetrazole rings is 1. The van der Waals surface area contributed by atoms with E-state index in [1.807, 2.05) is 24.3 Å². The average Bonchev–Trinajstić information content (AvgIpc) is 3.17. The van der Waals surface area contributed by atoms with Gasteiger partial charge in [-0.15, -0.1) is 5.10 Å². The molecule has 0 spiro atoms. The number of benzene rings is 2. The number of anilines is 2. The zero-order valence-electron chi connectivity index (χ0n) is 16.6. The number of carbonyl (C=O) groups is 1. The first-order valence-electron chi connectivity index (χ1n) is 9.46. The molecule has 0 fully saturated rings. The normalized spacial score (nSPS) is 14.2. The van der Waals surface area contributed by atoms with Crippen LogP contribution in [0.5, 0.6) is 0 Å². The highest BCUT2D eigenvalue weighted by atomic mass is 35.5. The summed E-state index contributed by atoms with van der Waals surface area (Å²) in [6.07, 6.45) is 0.907. The smallest absolute Gasteiger partial charge is 0.266 e. The van der Waals surface area contributed by atoms with E-state index in [1.54, 1.807) is 7.05 Å². The van der Waals surface area contributed by atoms with E-state index < -0.39 is 11.7 Å². The zero-order valence-corrected chi connectivity index (χ0v) is 17.3. The fraction of sp³-hybridized carbons (Fsp3) is 0.238. The quantitative estimate of drug-likeness (QED) is 0.683. The third-order valence-electron chi connectivity index (χ3n) is 5.09. The maximum absolute atomic E-state index is 13.6. The molecule has 2 aromatic carbocycles. The largest absolute Gasteiger partial charge is 0.334 e. The minimum atomic E-state index is -0.624. The van der Waals surface area contributed by atoms with Crippen LogP contribution in [-0.2, 0) is 7.05 Å². The van der Waals surface area contributed by atoms with E-state index in [9.17, 15) is 9.18 Å². The van der Waals surface area contributed by atoms with Crippen LogP contribution < -0.4 is 10.2 Å². The molecule has 0 unspecified atom stereocenters. The monoisotopic (exact) mass is 426 g/mol. The summed E-state index contributed by atoms with van der Waals surface area (Å²) in [5.74, 6) is -0.472. The first-order valence-corrected chi connectivity index (χ1v) is 9.83. The molecular weight excluding hydrogens is 407 g/mol. The lowest BCUT2D eigenvalue weighted by molar-refractivity contribution is 0.102. The van der Waals surface area contributed by atoms with Crippen LogP contribution in [0, 0.1) is 5.82 Å². The van der Waals surface area contributed by atoms with Gasteiger partial charge in [-0.1, -0.05) is 40.5 Å². The molecule has 1 aliphatic rings. The van der Waals surface area contributed by atoms with Crippen LogP contribution in [0.4, 0.5) is 16.0 Å². The molecule has 1 aromatic heterocycles. The molecule has 1 N–H and O–H groups in total. The van der Waals surface area contributed by atoms with Crippen LogP contribution in [0.2, 0.25) is 5.02 Å². The lowest BCUT2D eigenvalue weighted by Gasteiger charge is -2.29. The van der Waals surface area contributed by atoms with Crippen molar-refractivity contribution >= 4 is 34.7 Å². The number of aryl methyl sites for hydroxylation is 1. The summed E-state index contributed by atoms with van der Waals surface area (Å²) in [5.41, 5.74) is 4.25. The molecule has 1 aliphatic heterocycles. The minimum Gasteiger partial charge on any atom is -0.334 e. The fourth-order valence-corrected chi connectivity index (χ4v) is 3.61. The van der Waals surface area contributed by atoms with Gasteiger partial charge in [0, 0.05) is 18.8 Å². The van der Waals surface area contributed by atoms with E-state index in [1.165, 1.54) is 34.1 Å². The van der Waals surface area contributed by atoms with E-state index in [2.05, 4.69) is 32.6 Å². The first kappa shape index (κ1) is 20.0. The van der Waals surface area contributed by atoms with Gasteiger partial charge >= 0.3 is 0 Å². The first-order chi connectivity index (χ1) is 14.4. The Labute approximate surface area is 178 Å². The third kappa shape index (κ3) is 4.04. The fourth-order valence-electron chi connectivity index (χ4n) is 3.40. The predicted octanol–water partition coefficient (Wildman–Crippen LogP) is 3.94. The highest BCUT2D eigenvalue weighted by Gasteiger charge is 2.21. The van der Waals surface area contributed by atoms with E-state index in [0.717, 1.165) is 18.5 Å². The van der Waals surface area contributed by atoms with Gasteiger partial charge in [0.2, 0.25) is 0 Å². The molecule has 0 radical (unpaired) electrons. The van der Waals surface area contributed by atoms with Crippen molar-refractivity contribution in [2.24, 2.45) is 7.05 Å². The lowest BCUT2D eigenvalue weighted by atomic mass is 9.95. The van der Waals surface area contributed by atoms with E-state index >= 15 is 0 Å². The number of rotatable bonds is 4. The van der Waals surface area contributed by atoms with Gasteiger partial charge < -0.3 is 10.2 Å². The summed E-state index contributed by atoms with van der Waals surface area (Å²) in [6, 6.07) is 11.7. The van der Waals surface area contributed by atoms with Gasteiger partial charge in [0.1, 0.15) is 5.82 Å². The molecule has 0 saturated carbocycles. The second-order valence-electron chi connectivity index (χ2n) is 7.14. The molecule has 3 aromatic rings. The van der Waals surface area contributed by atoms with E-state index in [4.69, 9.17) is 11.6 Å².